The first-order valence-electron chi connectivity index (χ1n) is 8.18. The Morgan fingerprint density at radius 3 is 2.68 bits per heavy atom. The van der Waals surface area contributed by atoms with Crippen LogP contribution >= 0.6 is 34.8 Å². The van der Waals surface area contributed by atoms with Crippen molar-refractivity contribution in [2.24, 2.45) is 0 Å². The van der Waals surface area contributed by atoms with Crippen molar-refractivity contribution >= 4 is 46.4 Å². The SMILES string of the molecule is COc1cc(C2Nc3c(Cl)cc(Cl)cc3C(=O)N2C)n(-c2ncccc2Cl)n1. The third kappa shape index (κ3) is 3.05. The lowest BCUT2D eigenvalue weighted by Crippen LogP contribution is -2.41. The smallest absolute Gasteiger partial charge is 0.257 e. The van der Waals surface area contributed by atoms with Crippen molar-refractivity contribution in [3.05, 3.63) is 62.9 Å². The standard InChI is InChI=1S/C18H14Cl3N5O2/c1-25-17(23-15-10(18(25)27)6-9(19)7-12(15)21)13-8-14(28-2)24-26(13)16-11(20)4-3-5-22-16/h3-8,17,23H,1-2H3. The van der Waals surface area contributed by atoms with Gasteiger partial charge in [-0.05, 0) is 24.3 Å². The van der Waals surface area contributed by atoms with E-state index < -0.39 is 6.17 Å². The minimum atomic E-state index is -0.590. The van der Waals surface area contributed by atoms with Gasteiger partial charge in [0.15, 0.2) is 5.82 Å². The number of ether oxygens (including phenoxy) is 1. The molecule has 28 heavy (non-hydrogen) atoms. The number of aromatic nitrogens is 3. The van der Waals surface area contributed by atoms with Gasteiger partial charge in [-0.3, -0.25) is 4.79 Å². The van der Waals surface area contributed by atoms with Crippen LogP contribution in [0.5, 0.6) is 5.88 Å². The summed E-state index contributed by atoms with van der Waals surface area (Å²) in [4.78, 5) is 18.8. The molecule has 3 heterocycles. The number of carbonyl (C=O) groups is 1. The Kier molecular flexibility index (Phi) is 4.82. The number of pyridine rings is 1. The summed E-state index contributed by atoms with van der Waals surface area (Å²) in [5.74, 6) is 0.535. The van der Waals surface area contributed by atoms with Crippen LogP contribution in [0.1, 0.15) is 22.2 Å². The topological polar surface area (TPSA) is 72.3 Å². The number of rotatable bonds is 3. The quantitative estimate of drug-likeness (QED) is 0.655. The molecule has 1 atom stereocenters. The molecular weight excluding hydrogens is 425 g/mol. The van der Waals surface area contributed by atoms with Crippen LogP contribution in [0, 0.1) is 0 Å². The molecule has 1 unspecified atom stereocenters. The molecule has 0 bridgehead atoms. The highest BCUT2D eigenvalue weighted by molar-refractivity contribution is 6.37. The van der Waals surface area contributed by atoms with Gasteiger partial charge in [0.1, 0.15) is 6.17 Å². The second-order valence-corrected chi connectivity index (χ2v) is 7.36. The Hall–Kier alpha value is -2.48. The molecule has 1 N–H and O–H groups in total. The number of benzene rings is 1. The van der Waals surface area contributed by atoms with Crippen molar-refractivity contribution < 1.29 is 9.53 Å². The van der Waals surface area contributed by atoms with Crippen molar-refractivity contribution in [1.29, 1.82) is 0 Å². The van der Waals surface area contributed by atoms with Crippen molar-refractivity contribution in [2.75, 3.05) is 19.5 Å². The van der Waals surface area contributed by atoms with E-state index in [9.17, 15) is 4.79 Å². The molecule has 0 fully saturated rings. The zero-order valence-electron chi connectivity index (χ0n) is 14.8. The molecule has 144 valence electrons. The van der Waals surface area contributed by atoms with E-state index in [-0.39, 0.29) is 5.91 Å². The van der Waals surface area contributed by atoms with Crippen molar-refractivity contribution in [3.8, 4) is 11.7 Å². The number of amides is 1. The third-order valence-corrected chi connectivity index (χ3v) is 5.23. The maximum atomic E-state index is 13.0. The minimum Gasteiger partial charge on any atom is -0.480 e. The van der Waals surface area contributed by atoms with E-state index in [0.717, 1.165) is 0 Å². The second kappa shape index (κ2) is 7.16. The van der Waals surface area contributed by atoms with Gasteiger partial charge < -0.3 is 15.0 Å². The molecule has 0 saturated carbocycles. The second-order valence-electron chi connectivity index (χ2n) is 6.11. The van der Waals surface area contributed by atoms with E-state index >= 15 is 0 Å². The number of nitrogens with zero attached hydrogens (tertiary/aromatic N) is 4. The number of methoxy groups -OCH3 is 1. The summed E-state index contributed by atoms with van der Waals surface area (Å²) in [6.45, 7) is 0. The molecule has 3 aromatic rings. The molecule has 2 aromatic heterocycles. The van der Waals surface area contributed by atoms with Crippen LogP contribution in [0.25, 0.3) is 5.82 Å². The van der Waals surface area contributed by atoms with Crippen molar-refractivity contribution in [2.45, 2.75) is 6.17 Å². The minimum absolute atomic E-state index is 0.234. The maximum absolute atomic E-state index is 13.0. The van der Waals surface area contributed by atoms with E-state index in [1.165, 1.54) is 16.7 Å². The molecule has 0 saturated heterocycles. The molecule has 4 rings (SSSR count). The number of halogens is 3. The largest absolute Gasteiger partial charge is 0.480 e. The monoisotopic (exact) mass is 437 g/mol. The zero-order chi connectivity index (χ0) is 20.0. The van der Waals surface area contributed by atoms with Crippen LogP contribution in [0.2, 0.25) is 15.1 Å². The molecule has 0 aliphatic carbocycles. The highest BCUT2D eigenvalue weighted by Gasteiger charge is 2.35. The summed E-state index contributed by atoms with van der Waals surface area (Å²) >= 11 is 18.7. The van der Waals surface area contributed by atoms with Gasteiger partial charge in [-0.2, -0.15) is 0 Å². The van der Waals surface area contributed by atoms with Gasteiger partial charge in [0.25, 0.3) is 5.91 Å². The zero-order valence-corrected chi connectivity index (χ0v) is 17.0. The normalized spacial score (nSPS) is 16.0. The van der Waals surface area contributed by atoms with E-state index in [4.69, 9.17) is 39.5 Å². The third-order valence-electron chi connectivity index (χ3n) is 4.42. The Bertz CT molecular complexity index is 1090. The van der Waals surface area contributed by atoms with Gasteiger partial charge in [-0.15, -0.1) is 5.10 Å². The lowest BCUT2D eigenvalue weighted by Gasteiger charge is -2.35. The molecule has 1 aliphatic rings. The Morgan fingerprint density at radius 2 is 1.96 bits per heavy atom. The molecule has 1 aliphatic heterocycles. The van der Waals surface area contributed by atoms with Crippen molar-refractivity contribution in [3.63, 3.8) is 0 Å². The first kappa shape index (κ1) is 18.9. The van der Waals surface area contributed by atoms with Gasteiger partial charge >= 0.3 is 0 Å². The highest BCUT2D eigenvalue weighted by Crippen LogP contribution is 2.39. The number of anilines is 1. The average Bonchev–Trinajstić information content (AvgIpc) is 3.09. The summed E-state index contributed by atoms with van der Waals surface area (Å²) in [6, 6.07) is 8.30. The van der Waals surface area contributed by atoms with Crippen LogP contribution in [-0.2, 0) is 0 Å². The number of hydrogen-bond acceptors (Lipinski definition) is 5. The molecule has 0 spiro atoms. The molecule has 10 heteroatoms. The van der Waals surface area contributed by atoms with Crippen molar-refractivity contribution in [1.82, 2.24) is 19.7 Å². The number of fused-ring (bicyclic) bond motifs is 1. The Balaban J connectivity index is 1.87. The average molecular weight is 439 g/mol. The lowest BCUT2D eigenvalue weighted by molar-refractivity contribution is 0.0731. The first-order valence-corrected chi connectivity index (χ1v) is 9.31. The van der Waals surface area contributed by atoms with Gasteiger partial charge in [0.2, 0.25) is 5.88 Å². The Labute approximate surface area is 175 Å². The maximum Gasteiger partial charge on any atom is 0.257 e. The van der Waals surface area contributed by atoms with Gasteiger partial charge in [-0.25, -0.2) is 9.67 Å². The molecule has 0 radical (unpaired) electrons. The van der Waals surface area contributed by atoms with Gasteiger partial charge in [-0.1, -0.05) is 34.8 Å². The van der Waals surface area contributed by atoms with E-state index in [0.29, 0.717) is 43.7 Å². The summed E-state index contributed by atoms with van der Waals surface area (Å²) < 4.78 is 6.82. The fraction of sp³-hybridized carbons (Fsp3) is 0.167. The first-order chi connectivity index (χ1) is 13.4. The van der Waals surface area contributed by atoms with E-state index in [2.05, 4.69) is 15.4 Å². The van der Waals surface area contributed by atoms with Crippen LogP contribution < -0.4 is 10.1 Å². The molecular formula is C18H14Cl3N5O2. The number of hydrogen-bond donors (Lipinski definition) is 1. The van der Waals surface area contributed by atoms with Crippen LogP contribution in [0.4, 0.5) is 5.69 Å². The molecule has 1 amide bonds. The van der Waals surface area contributed by atoms with Crippen LogP contribution in [-0.4, -0.2) is 39.7 Å². The predicted molar refractivity (Wildman–Crippen MR) is 108 cm³/mol. The highest BCUT2D eigenvalue weighted by atomic mass is 35.5. The summed E-state index contributed by atoms with van der Waals surface area (Å²) in [5.41, 5.74) is 1.49. The summed E-state index contributed by atoms with van der Waals surface area (Å²) in [7, 11) is 3.18. The molecule has 1 aromatic carbocycles. The Morgan fingerprint density at radius 1 is 1.18 bits per heavy atom. The number of nitrogens with one attached hydrogen (secondary N) is 1. The predicted octanol–water partition coefficient (Wildman–Crippen LogP) is 4.43. The van der Waals surface area contributed by atoms with Crippen LogP contribution in [0.3, 0.4) is 0 Å². The van der Waals surface area contributed by atoms with E-state index in [1.807, 2.05) is 0 Å². The summed E-state index contributed by atoms with van der Waals surface area (Å²) in [5, 5.41) is 8.83. The van der Waals surface area contributed by atoms with Gasteiger partial charge in [0.05, 0.1) is 34.1 Å². The van der Waals surface area contributed by atoms with E-state index in [1.54, 1.807) is 43.6 Å². The fourth-order valence-corrected chi connectivity index (χ4v) is 3.82. The molecule has 7 nitrogen and oxygen atoms in total. The fourth-order valence-electron chi connectivity index (χ4n) is 3.07. The summed E-state index contributed by atoms with van der Waals surface area (Å²) in [6.07, 6.45) is 1.02. The van der Waals surface area contributed by atoms with Gasteiger partial charge in [0, 0.05) is 24.3 Å². The number of carbonyl (C=O) groups excluding carboxylic acids is 1. The lowest BCUT2D eigenvalue weighted by atomic mass is 10.1. The van der Waals surface area contributed by atoms with Crippen LogP contribution in [0.15, 0.2) is 36.5 Å².